The maximum Gasteiger partial charge on any atom is 0.0516 e. The number of hydrogen-bond acceptors (Lipinski definition) is 3. The van der Waals surface area contributed by atoms with Crippen molar-refractivity contribution in [3.05, 3.63) is 21.3 Å². The summed E-state index contributed by atoms with van der Waals surface area (Å²) in [4.78, 5) is 1.33. The maximum atomic E-state index is 5.87. The topological polar surface area (TPSA) is 12.0 Å². The molecule has 1 aliphatic heterocycles. The SMILES string of the molecule is Clc1csc(CNCC2CCCCS2)c1. The van der Waals surface area contributed by atoms with E-state index in [1.165, 1.54) is 29.9 Å². The van der Waals surface area contributed by atoms with E-state index < -0.39 is 0 Å². The quantitative estimate of drug-likeness (QED) is 0.885. The highest BCUT2D eigenvalue weighted by atomic mass is 35.5. The molecule has 1 aromatic rings. The molecule has 2 heterocycles. The molecular weight excluding hydrogens is 246 g/mol. The fourth-order valence-electron chi connectivity index (χ4n) is 1.77. The Morgan fingerprint density at radius 3 is 3.07 bits per heavy atom. The van der Waals surface area contributed by atoms with Gasteiger partial charge in [-0.3, -0.25) is 0 Å². The van der Waals surface area contributed by atoms with Crippen molar-refractivity contribution < 1.29 is 0 Å². The van der Waals surface area contributed by atoms with E-state index in [1.807, 2.05) is 11.4 Å². The highest BCUT2D eigenvalue weighted by molar-refractivity contribution is 7.99. The van der Waals surface area contributed by atoms with Gasteiger partial charge in [0.25, 0.3) is 0 Å². The highest BCUT2D eigenvalue weighted by Gasteiger charge is 2.12. The van der Waals surface area contributed by atoms with Crippen LogP contribution in [0.2, 0.25) is 5.02 Å². The molecule has 4 heteroatoms. The monoisotopic (exact) mass is 261 g/mol. The third-order valence-corrected chi connectivity index (χ3v) is 5.25. The van der Waals surface area contributed by atoms with Crippen LogP contribution in [0, 0.1) is 0 Å². The summed E-state index contributed by atoms with van der Waals surface area (Å²) >= 11 is 9.72. The molecule has 1 nitrogen and oxygen atoms in total. The highest BCUT2D eigenvalue weighted by Crippen LogP contribution is 2.24. The fraction of sp³-hybridized carbons (Fsp3) is 0.636. The third-order valence-electron chi connectivity index (χ3n) is 2.57. The summed E-state index contributed by atoms with van der Waals surface area (Å²) in [6, 6.07) is 2.05. The Balaban J connectivity index is 1.65. The number of rotatable bonds is 4. The van der Waals surface area contributed by atoms with Crippen LogP contribution in [-0.4, -0.2) is 17.5 Å². The van der Waals surface area contributed by atoms with Gasteiger partial charge in [0.15, 0.2) is 0 Å². The molecular formula is C11H16ClNS2. The molecule has 0 radical (unpaired) electrons. The van der Waals surface area contributed by atoms with Crippen LogP contribution >= 0.6 is 34.7 Å². The number of halogens is 1. The summed E-state index contributed by atoms with van der Waals surface area (Å²) in [5.74, 6) is 1.34. The predicted molar refractivity (Wildman–Crippen MR) is 71.1 cm³/mol. The fourth-order valence-corrected chi connectivity index (χ4v) is 4.09. The van der Waals surface area contributed by atoms with Crippen molar-refractivity contribution in [1.29, 1.82) is 0 Å². The van der Waals surface area contributed by atoms with Gasteiger partial charge in [-0.05, 0) is 24.7 Å². The molecule has 84 valence electrons. The lowest BCUT2D eigenvalue weighted by Crippen LogP contribution is -2.26. The van der Waals surface area contributed by atoms with E-state index in [0.717, 1.165) is 23.4 Å². The predicted octanol–water partition coefficient (Wildman–Crippen LogP) is 3.78. The Morgan fingerprint density at radius 1 is 1.47 bits per heavy atom. The van der Waals surface area contributed by atoms with Crippen LogP contribution in [0.15, 0.2) is 11.4 Å². The zero-order chi connectivity index (χ0) is 10.5. The first-order chi connectivity index (χ1) is 7.34. The molecule has 1 atom stereocenters. The molecule has 1 N–H and O–H groups in total. The second-order valence-electron chi connectivity index (χ2n) is 3.85. The first kappa shape index (κ1) is 11.8. The summed E-state index contributed by atoms with van der Waals surface area (Å²) in [6.07, 6.45) is 4.19. The van der Waals surface area contributed by atoms with E-state index in [2.05, 4.69) is 17.1 Å². The lowest BCUT2D eigenvalue weighted by molar-refractivity contribution is 0.600. The van der Waals surface area contributed by atoms with E-state index in [1.54, 1.807) is 11.3 Å². The maximum absolute atomic E-state index is 5.87. The molecule has 1 fully saturated rings. The van der Waals surface area contributed by atoms with Crippen molar-refractivity contribution >= 4 is 34.7 Å². The second kappa shape index (κ2) is 6.14. The van der Waals surface area contributed by atoms with Gasteiger partial charge in [-0.25, -0.2) is 0 Å². The summed E-state index contributed by atoms with van der Waals surface area (Å²) in [6.45, 7) is 2.11. The summed E-state index contributed by atoms with van der Waals surface area (Å²) in [7, 11) is 0. The van der Waals surface area contributed by atoms with E-state index in [0.29, 0.717) is 0 Å². The van der Waals surface area contributed by atoms with E-state index >= 15 is 0 Å². The molecule has 1 aromatic heterocycles. The average Bonchev–Trinajstić information content (AvgIpc) is 2.66. The molecule has 1 aliphatic rings. The van der Waals surface area contributed by atoms with E-state index in [4.69, 9.17) is 11.6 Å². The van der Waals surface area contributed by atoms with Crippen LogP contribution in [0.1, 0.15) is 24.1 Å². The van der Waals surface area contributed by atoms with Gasteiger partial charge >= 0.3 is 0 Å². The molecule has 0 saturated carbocycles. The van der Waals surface area contributed by atoms with Gasteiger partial charge in [0.05, 0.1) is 5.02 Å². The zero-order valence-corrected chi connectivity index (χ0v) is 11.1. The van der Waals surface area contributed by atoms with Crippen molar-refractivity contribution in [3.8, 4) is 0 Å². The van der Waals surface area contributed by atoms with E-state index in [9.17, 15) is 0 Å². The largest absolute Gasteiger partial charge is 0.311 e. The minimum absolute atomic E-state index is 0.828. The lowest BCUT2D eigenvalue weighted by Gasteiger charge is -2.21. The first-order valence-electron chi connectivity index (χ1n) is 5.40. The number of thiophene rings is 1. The number of nitrogens with one attached hydrogen (secondary N) is 1. The Morgan fingerprint density at radius 2 is 2.40 bits per heavy atom. The summed E-state index contributed by atoms with van der Waals surface area (Å²) < 4.78 is 0. The number of hydrogen-bond donors (Lipinski definition) is 1. The average molecular weight is 262 g/mol. The van der Waals surface area contributed by atoms with Crippen LogP contribution in [0.25, 0.3) is 0 Å². The molecule has 0 aliphatic carbocycles. The van der Waals surface area contributed by atoms with Gasteiger partial charge < -0.3 is 5.32 Å². The normalized spacial score (nSPS) is 21.8. The second-order valence-corrected chi connectivity index (χ2v) is 6.69. The Kier molecular flexibility index (Phi) is 4.82. The van der Waals surface area contributed by atoms with Crippen LogP contribution in [0.4, 0.5) is 0 Å². The van der Waals surface area contributed by atoms with Gasteiger partial charge in [-0.1, -0.05) is 18.0 Å². The molecule has 2 rings (SSSR count). The van der Waals surface area contributed by atoms with Crippen LogP contribution in [-0.2, 0) is 6.54 Å². The van der Waals surface area contributed by atoms with Crippen LogP contribution < -0.4 is 5.32 Å². The molecule has 0 bridgehead atoms. The Hall–Kier alpha value is 0.300. The summed E-state index contributed by atoms with van der Waals surface area (Å²) in [5.41, 5.74) is 0. The molecule has 0 aromatic carbocycles. The van der Waals surface area contributed by atoms with Gasteiger partial charge in [0, 0.05) is 28.6 Å². The van der Waals surface area contributed by atoms with Crippen LogP contribution in [0.3, 0.4) is 0 Å². The van der Waals surface area contributed by atoms with Crippen molar-refractivity contribution in [1.82, 2.24) is 5.32 Å². The standard InChI is InChI=1S/C11H16ClNS2/c12-9-5-11(15-8-9)7-13-6-10-3-1-2-4-14-10/h5,8,10,13H,1-4,6-7H2. The van der Waals surface area contributed by atoms with Crippen molar-refractivity contribution in [2.75, 3.05) is 12.3 Å². The lowest BCUT2D eigenvalue weighted by atomic mass is 10.2. The molecule has 1 unspecified atom stereocenters. The molecule has 0 amide bonds. The van der Waals surface area contributed by atoms with Gasteiger partial charge in [0.2, 0.25) is 0 Å². The number of thioether (sulfide) groups is 1. The third kappa shape index (κ3) is 3.99. The van der Waals surface area contributed by atoms with Crippen molar-refractivity contribution in [2.45, 2.75) is 31.1 Å². The Bertz CT molecular complexity index is 295. The minimum atomic E-state index is 0.828. The molecule has 15 heavy (non-hydrogen) atoms. The molecule has 1 saturated heterocycles. The van der Waals surface area contributed by atoms with Crippen molar-refractivity contribution in [3.63, 3.8) is 0 Å². The van der Waals surface area contributed by atoms with Crippen molar-refractivity contribution in [2.24, 2.45) is 0 Å². The van der Waals surface area contributed by atoms with E-state index in [-0.39, 0.29) is 0 Å². The van der Waals surface area contributed by atoms with Gasteiger partial charge in [0.1, 0.15) is 0 Å². The smallest absolute Gasteiger partial charge is 0.0516 e. The zero-order valence-electron chi connectivity index (χ0n) is 8.67. The van der Waals surface area contributed by atoms with Gasteiger partial charge in [-0.2, -0.15) is 11.8 Å². The summed E-state index contributed by atoms with van der Waals surface area (Å²) in [5, 5.41) is 7.20. The first-order valence-corrected chi connectivity index (χ1v) is 7.70. The Labute approximate surface area is 105 Å². The molecule has 0 spiro atoms. The minimum Gasteiger partial charge on any atom is -0.311 e. The van der Waals surface area contributed by atoms with Crippen LogP contribution in [0.5, 0.6) is 0 Å². The van der Waals surface area contributed by atoms with Gasteiger partial charge in [-0.15, -0.1) is 11.3 Å².